The Morgan fingerprint density at radius 2 is 1.53 bits per heavy atom. The largest absolute Gasteiger partial charge is 0.493 e. The summed E-state index contributed by atoms with van der Waals surface area (Å²) in [7, 11) is 4.81. The maximum atomic E-state index is 13.3. The average molecular weight is 481 g/mol. The standard InChI is InChI=1S/C26H28N2O5S/c1-31-21-11-10-18(24(32-2)25(21)33-3)17-27-12-14-28(15-13-27)26(30)20-8-5-4-7-19(20)23(29)22-9-6-16-34-22/h4-11,16H,12-15,17H2,1-3H3. The number of nitrogens with zero attached hydrogens (tertiary/aromatic N) is 2. The van der Waals surface area contributed by atoms with Crippen LogP contribution in [-0.2, 0) is 6.54 Å². The third-order valence-electron chi connectivity index (χ3n) is 5.99. The second kappa shape index (κ2) is 10.7. The van der Waals surface area contributed by atoms with E-state index < -0.39 is 0 Å². The van der Waals surface area contributed by atoms with Gasteiger partial charge in [0.15, 0.2) is 11.5 Å². The van der Waals surface area contributed by atoms with Gasteiger partial charge in [0.25, 0.3) is 5.91 Å². The summed E-state index contributed by atoms with van der Waals surface area (Å²) >= 11 is 1.38. The van der Waals surface area contributed by atoms with Gasteiger partial charge in [-0.2, -0.15) is 0 Å². The molecule has 0 saturated carbocycles. The normalized spacial score (nSPS) is 14.0. The van der Waals surface area contributed by atoms with Gasteiger partial charge in [-0.1, -0.05) is 30.3 Å². The molecule has 7 nitrogen and oxygen atoms in total. The average Bonchev–Trinajstić information content (AvgIpc) is 3.43. The fourth-order valence-corrected chi connectivity index (χ4v) is 4.89. The summed E-state index contributed by atoms with van der Waals surface area (Å²) in [4.78, 5) is 31.0. The lowest BCUT2D eigenvalue weighted by molar-refractivity contribution is 0.0624. The molecule has 0 spiro atoms. The highest BCUT2D eigenvalue weighted by molar-refractivity contribution is 7.12. The van der Waals surface area contributed by atoms with Gasteiger partial charge in [-0.25, -0.2) is 0 Å². The molecule has 1 saturated heterocycles. The second-order valence-electron chi connectivity index (χ2n) is 7.91. The minimum atomic E-state index is -0.113. The third kappa shape index (κ3) is 4.78. The number of ketones is 1. The van der Waals surface area contributed by atoms with E-state index >= 15 is 0 Å². The summed E-state index contributed by atoms with van der Waals surface area (Å²) in [5, 5.41) is 1.87. The molecular formula is C26H28N2O5S. The molecule has 0 bridgehead atoms. The van der Waals surface area contributed by atoms with E-state index in [0.29, 0.717) is 66.0 Å². The molecule has 34 heavy (non-hydrogen) atoms. The molecule has 0 N–H and O–H groups in total. The van der Waals surface area contributed by atoms with E-state index in [9.17, 15) is 9.59 Å². The van der Waals surface area contributed by atoms with Crippen molar-refractivity contribution >= 4 is 23.0 Å². The van der Waals surface area contributed by atoms with E-state index in [2.05, 4.69) is 4.90 Å². The first kappa shape index (κ1) is 23.8. The molecule has 1 aliphatic rings. The molecule has 0 radical (unpaired) electrons. The van der Waals surface area contributed by atoms with Gasteiger partial charge < -0.3 is 19.1 Å². The molecule has 2 heterocycles. The molecule has 1 aromatic heterocycles. The van der Waals surface area contributed by atoms with Crippen LogP contribution in [0.5, 0.6) is 17.2 Å². The van der Waals surface area contributed by atoms with E-state index in [-0.39, 0.29) is 11.7 Å². The van der Waals surface area contributed by atoms with Gasteiger partial charge in [-0.15, -0.1) is 11.3 Å². The van der Waals surface area contributed by atoms with Crippen LogP contribution in [0.15, 0.2) is 53.9 Å². The SMILES string of the molecule is COc1ccc(CN2CCN(C(=O)c3ccccc3C(=O)c3cccs3)CC2)c(OC)c1OC. The number of hydrogen-bond acceptors (Lipinski definition) is 7. The van der Waals surface area contributed by atoms with Crippen LogP contribution in [0.2, 0.25) is 0 Å². The molecule has 3 aromatic rings. The topological polar surface area (TPSA) is 68.3 Å². The van der Waals surface area contributed by atoms with Crippen molar-refractivity contribution in [2.24, 2.45) is 0 Å². The molecule has 1 fully saturated rings. The number of thiophene rings is 1. The summed E-state index contributed by atoms with van der Waals surface area (Å²) < 4.78 is 16.5. The van der Waals surface area contributed by atoms with Crippen molar-refractivity contribution in [1.29, 1.82) is 0 Å². The van der Waals surface area contributed by atoms with Crippen molar-refractivity contribution in [3.8, 4) is 17.2 Å². The number of hydrogen-bond donors (Lipinski definition) is 0. The molecule has 2 aromatic carbocycles. The van der Waals surface area contributed by atoms with Gasteiger partial charge in [0.1, 0.15) is 0 Å². The van der Waals surface area contributed by atoms with E-state index in [1.165, 1.54) is 11.3 Å². The lowest BCUT2D eigenvalue weighted by atomic mass is 10.0. The van der Waals surface area contributed by atoms with E-state index in [4.69, 9.17) is 14.2 Å². The number of amides is 1. The smallest absolute Gasteiger partial charge is 0.254 e. The van der Waals surface area contributed by atoms with Gasteiger partial charge in [0.05, 0.1) is 31.8 Å². The monoisotopic (exact) mass is 480 g/mol. The number of carbonyl (C=O) groups is 2. The zero-order chi connectivity index (χ0) is 24.1. The highest BCUT2D eigenvalue weighted by Crippen LogP contribution is 2.40. The number of methoxy groups -OCH3 is 3. The Bertz CT molecular complexity index is 1150. The second-order valence-corrected chi connectivity index (χ2v) is 8.86. The highest BCUT2D eigenvalue weighted by Gasteiger charge is 2.27. The van der Waals surface area contributed by atoms with Gasteiger partial charge in [-0.3, -0.25) is 14.5 Å². The Hall–Kier alpha value is -3.36. The van der Waals surface area contributed by atoms with E-state index in [0.717, 1.165) is 5.56 Å². The fraction of sp³-hybridized carbons (Fsp3) is 0.308. The Morgan fingerprint density at radius 1 is 0.824 bits per heavy atom. The first-order valence-electron chi connectivity index (χ1n) is 11.0. The van der Waals surface area contributed by atoms with Crippen LogP contribution >= 0.6 is 11.3 Å². The maximum absolute atomic E-state index is 13.3. The van der Waals surface area contributed by atoms with Crippen molar-refractivity contribution in [3.63, 3.8) is 0 Å². The highest BCUT2D eigenvalue weighted by atomic mass is 32.1. The number of piperazine rings is 1. The molecule has 1 amide bonds. The lowest BCUT2D eigenvalue weighted by Gasteiger charge is -2.35. The summed E-state index contributed by atoms with van der Waals surface area (Å²) in [6.45, 7) is 3.25. The van der Waals surface area contributed by atoms with Gasteiger partial charge in [-0.05, 0) is 23.6 Å². The summed E-state index contributed by atoms with van der Waals surface area (Å²) in [6, 6.07) is 14.6. The van der Waals surface area contributed by atoms with Crippen molar-refractivity contribution in [1.82, 2.24) is 9.80 Å². The maximum Gasteiger partial charge on any atom is 0.254 e. The Kier molecular flexibility index (Phi) is 7.49. The zero-order valence-corrected chi connectivity index (χ0v) is 20.4. The van der Waals surface area contributed by atoms with Crippen LogP contribution in [0.4, 0.5) is 0 Å². The minimum Gasteiger partial charge on any atom is -0.493 e. The lowest BCUT2D eigenvalue weighted by Crippen LogP contribution is -2.48. The molecule has 1 aliphatic heterocycles. The summed E-state index contributed by atoms with van der Waals surface area (Å²) in [5.41, 5.74) is 1.90. The van der Waals surface area contributed by atoms with Crippen LogP contribution in [0.3, 0.4) is 0 Å². The summed E-state index contributed by atoms with van der Waals surface area (Å²) in [5.74, 6) is 1.63. The first-order valence-corrected chi connectivity index (χ1v) is 11.9. The summed E-state index contributed by atoms with van der Waals surface area (Å²) in [6.07, 6.45) is 0. The predicted molar refractivity (Wildman–Crippen MR) is 131 cm³/mol. The molecule has 0 aliphatic carbocycles. The third-order valence-corrected chi connectivity index (χ3v) is 6.85. The number of rotatable bonds is 8. The fourth-order valence-electron chi connectivity index (χ4n) is 4.22. The van der Waals surface area contributed by atoms with Crippen LogP contribution in [-0.4, -0.2) is 69.0 Å². The minimum absolute atomic E-state index is 0.108. The van der Waals surface area contributed by atoms with Crippen LogP contribution in [0.1, 0.15) is 31.2 Å². The van der Waals surface area contributed by atoms with Crippen molar-refractivity contribution in [3.05, 3.63) is 75.5 Å². The quantitative estimate of drug-likeness (QED) is 0.455. The zero-order valence-electron chi connectivity index (χ0n) is 19.6. The predicted octanol–water partition coefficient (Wildman–Crippen LogP) is 3.96. The van der Waals surface area contributed by atoms with Crippen LogP contribution < -0.4 is 14.2 Å². The molecule has 178 valence electrons. The molecule has 8 heteroatoms. The van der Waals surface area contributed by atoms with Gasteiger partial charge in [0, 0.05) is 43.9 Å². The number of ether oxygens (including phenoxy) is 3. The number of benzene rings is 2. The van der Waals surface area contributed by atoms with Crippen LogP contribution in [0.25, 0.3) is 0 Å². The van der Waals surface area contributed by atoms with Crippen molar-refractivity contribution in [2.45, 2.75) is 6.54 Å². The van der Waals surface area contributed by atoms with Gasteiger partial charge >= 0.3 is 0 Å². The van der Waals surface area contributed by atoms with Crippen LogP contribution in [0, 0.1) is 0 Å². The Balaban J connectivity index is 1.44. The van der Waals surface area contributed by atoms with E-state index in [1.807, 2.05) is 28.5 Å². The van der Waals surface area contributed by atoms with Crippen molar-refractivity contribution in [2.75, 3.05) is 47.5 Å². The molecule has 4 rings (SSSR count). The molecular weight excluding hydrogens is 452 g/mol. The number of carbonyl (C=O) groups excluding carboxylic acids is 2. The Labute approximate surface area is 203 Å². The van der Waals surface area contributed by atoms with E-state index in [1.54, 1.807) is 51.7 Å². The van der Waals surface area contributed by atoms with Gasteiger partial charge in [0.2, 0.25) is 11.5 Å². The molecule has 0 unspecified atom stereocenters. The Morgan fingerprint density at radius 3 is 2.15 bits per heavy atom. The van der Waals surface area contributed by atoms with Crippen molar-refractivity contribution < 1.29 is 23.8 Å². The first-order chi connectivity index (χ1) is 16.6. The molecule has 0 atom stereocenters.